The normalized spacial score (nSPS) is 13.3. The summed E-state index contributed by atoms with van der Waals surface area (Å²) in [5.41, 5.74) is 4.70. The van der Waals surface area contributed by atoms with Gasteiger partial charge in [-0.3, -0.25) is 14.8 Å². The molecule has 6 aromatic rings. The lowest BCUT2D eigenvalue weighted by Gasteiger charge is -2.14. The van der Waals surface area contributed by atoms with Crippen LogP contribution in [0.3, 0.4) is 0 Å². The van der Waals surface area contributed by atoms with E-state index in [4.69, 9.17) is 11.6 Å². The summed E-state index contributed by atoms with van der Waals surface area (Å²) >= 11 is 6.74. The summed E-state index contributed by atoms with van der Waals surface area (Å²) in [4.78, 5) is 38.5. The maximum Gasteiger partial charge on any atom is 0.333 e. The summed E-state index contributed by atoms with van der Waals surface area (Å²) in [6, 6.07) is 22.9. The summed E-state index contributed by atoms with van der Waals surface area (Å²) in [5, 5.41) is 2.60. The largest absolute Gasteiger partial charge is 0.333 e. The molecule has 0 aliphatic heterocycles. The summed E-state index contributed by atoms with van der Waals surface area (Å²) in [6.45, 7) is 0. The molecule has 0 unspecified atom stereocenters. The van der Waals surface area contributed by atoms with E-state index in [9.17, 15) is 9.59 Å². The fourth-order valence-electron chi connectivity index (χ4n) is 5.15. The molecule has 6 nitrogen and oxygen atoms in total. The third-order valence-corrected chi connectivity index (χ3v) is 7.49. The highest BCUT2D eigenvalue weighted by Gasteiger charge is 2.25. The average Bonchev–Trinajstić information content (AvgIpc) is 3.79. The summed E-state index contributed by atoms with van der Waals surface area (Å²) in [7, 11) is 0. The van der Waals surface area contributed by atoms with Gasteiger partial charge in [0.15, 0.2) is 0 Å². The Labute approximate surface area is 222 Å². The average molecular weight is 517 g/mol. The molecule has 1 N–H and O–H groups in total. The molecule has 0 spiro atoms. The highest BCUT2D eigenvalue weighted by Crippen LogP contribution is 2.42. The number of benzene rings is 3. The van der Waals surface area contributed by atoms with Gasteiger partial charge in [-0.25, -0.2) is 9.36 Å². The Hall–Kier alpha value is -4.55. The van der Waals surface area contributed by atoms with E-state index >= 15 is 0 Å². The van der Waals surface area contributed by atoms with E-state index in [1.165, 1.54) is 12.8 Å². The molecule has 7 rings (SSSR count). The van der Waals surface area contributed by atoms with E-state index in [1.807, 2.05) is 66.9 Å². The molecule has 3 aromatic heterocycles. The van der Waals surface area contributed by atoms with E-state index < -0.39 is 11.2 Å². The molecule has 1 fully saturated rings. The molecule has 184 valence electrons. The van der Waals surface area contributed by atoms with Crippen molar-refractivity contribution in [1.82, 2.24) is 19.5 Å². The Morgan fingerprint density at radius 2 is 1.74 bits per heavy atom. The number of halogens is 1. The maximum absolute atomic E-state index is 13.6. The lowest BCUT2D eigenvalue weighted by Crippen LogP contribution is -2.33. The van der Waals surface area contributed by atoms with Gasteiger partial charge in [0.05, 0.1) is 22.8 Å². The predicted octanol–water partition coefficient (Wildman–Crippen LogP) is 6.49. The van der Waals surface area contributed by atoms with Crippen LogP contribution in [0.2, 0.25) is 5.02 Å². The predicted molar refractivity (Wildman–Crippen MR) is 151 cm³/mol. The Morgan fingerprint density at radius 3 is 2.61 bits per heavy atom. The molecular weight excluding hydrogens is 496 g/mol. The second-order valence-electron chi connectivity index (χ2n) is 9.62. The third-order valence-electron chi connectivity index (χ3n) is 7.18. The van der Waals surface area contributed by atoms with Crippen LogP contribution in [-0.2, 0) is 0 Å². The number of nitrogens with one attached hydrogen (secondary N) is 1. The smallest absolute Gasteiger partial charge is 0.306 e. The van der Waals surface area contributed by atoms with E-state index in [-0.39, 0.29) is 0 Å². The van der Waals surface area contributed by atoms with Crippen LogP contribution in [0.5, 0.6) is 0 Å². The van der Waals surface area contributed by atoms with Gasteiger partial charge in [0, 0.05) is 45.4 Å². The number of H-pyrrole nitrogens is 1. The first-order valence-corrected chi connectivity index (χ1v) is 12.8. The van der Waals surface area contributed by atoms with Gasteiger partial charge in [-0.15, -0.1) is 0 Å². The SMILES string of the molecule is O=c1[nH]c2cc(-c3c(Cl)cccc3-c3ccnc(C4CC4)c3)ccc2c(=O)n1-c1cncc2ccccc12. The zero-order chi connectivity index (χ0) is 25.8. The summed E-state index contributed by atoms with van der Waals surface area (Å²) in [6.07, 6.45) is 7.44. The first kappa shape index (κ1) is 22.6. The van der Waals surface area contributed by atoms with Gasteiger partial charge in [-0.2, -0.15) is 0 Å². The summed E-state index contributed by atoms with van der Waals surface area (Å²) in [5.74, 6) is 0.530. The van der Waals surface area contributed by atoms with Gasteiger partial charge in [0.2, 0.25) is 0 Å². The van der Waals surface area contributed by atoms with Gasteiger partial charge in [0.25, 0.3) is 5.56 Å². The fourth-order valence-corrected chi connectivity index (χ4v) is 5.43. The molecule has 3 aromatic carbocycles. The molecule has 0 radical (unpaired) electrons. The molecule has 7 heteroatoms. The van der Waals surface area contributed by atoms with Crippen molar-refractivity contribution in [1.29, 1.82) is 0 Å². The van der Waals surface area contributed by atoms with Gasteiger partial charge in [-0.05, 0) is 59.9 Å². The zero-order valence-corrected chi connectivity index (χ0v) is 20.9. The molecule has 1 aliphatic rings. The number of rotatable bonds is 4. The van der Waals surface area contributed by atoms with Crippen molar-refractivity contribution in [2.24, 2.45) is 0 Å². The van der Waals surface area contributed by atoms with Crippen LogP contribution in [0.25, 0.3) is 49.6 Å². The van der Waals surface area contributed by atoms with Crippen molar-refractivity contribution in [3.05, 3.63) is 123 Å². The lowest BCUT2D eigenvalue weighted by molar-refractivity contribution is 0.902. The monoisotopic (exact) mass is 516 g/mol. The molecule has 38 heavy (non-hydrogen) atoms. The number of aromatic amines is 1. The van der Waals surface area contributed by atoms with Crippen LogP contribution in [0.1, 0.15) is 24.5 Å². The van der Waals surface area contributed by atoms with Gasteiger partial charge in [-0.1, -0.05) is 54.1 Å². The van der Waals surface area contributed by atoms with Crippen molar-refractivity contribution < 1.29 is 0 Å². The zero-order valence-electron chi connectivity index (χ0n) is 20.2. The maximum atomic E-state index is 13.6. The van der Waals surface area contributed by atoms with Gasteiger partial charge in [0.1, 0.15) is 0 Å². The Bertz CT molecular complexity index is 2000. The van der Waals surface area contributed by atoms with E-state index in [0.717, 1.165) is 43.3 Å². The van der Waals surface area contributed by atoms with Crippen molar-refractivity contribution >= 4 is 33.3 Å². The summed E-state index contributed by atoms with van der Waals surface area (Å²) < 4.78 is 1.15. The molecule has 3 heterocycles. The number of aromatic nitrogens is 4. The van der Waals surface area contributed by atoms with Crippen molar-refractivity contribution in [2.75, 3.05) is 0 Å². The highest BCUT2D eigenvalue weighted by molar-refractivity contribution is 6.34. The molecule has 0 bridgehead atoms. The fraction of sp³-hybridized carbons (Fsp3) is 0.0968. The second-order valence-corrected chi connectivity index (χ2v) is 10.0. The lowest BCUT2D eigenvalue weighted by atomic mass is 9.94. The minimum atomic E-state index is -0.527. The molecule has 1 saturated carbocycles. The number of pyridine rings is 2. The second kappa shape index (κ2) is 8.78. The number of hydrogen-bond acceptors (Lipinski definition) is 4. The van der Waals surface area contributed by atoms with Crippen molar-refractivity contribution in [3.63, 3.8) is 0 Å². The Kier molecular flexibility index (Phi) is 5.23. The van der Waals surface area contributed by atoms with Crippen molar-refractivity contribution in [2.45, 2.75) is 18.8 Å². The molecule has 1 aliphatic carbocycles. The molecular formula is C31H21ClN4O2. The Balaban J connectivity index is 1.40. The number of nitrogens with zero attached hydrogens (tertiary/aromatic N) is 3. The van der Waals surface area contributed by atoms with Crippen molar-refractivity contribution in [3.8, 4) is 27.9 Å². The Morgan fingerprint density at radius 1 is 0.868 bits per heavy atom. The van der Waals surface area contributed by atoms with Crippen LogP contribution >= 0.6 is 11.6 Å². The van der Waals surface area contributed by atoms with Gasteiger partial charge < -0.3 is 4.98 Å². The molecule has 0 amide bonds. The first-order valence-electron chi connectivity index (χ1n) is 12.5. The molecule has 0 atom stereocenters. The number of hydrogen-bond donors (Lipinski definition) is 1. The molecule has 0 saturated heterocycles. The van der Waals surface area contributed by atoms with E-state index in [1.54, 1.807) is 18.5 Å². The first-order chi connectivity index (χ1) is 18.6. The van der Waals surface area contributed by atoms with E-state index in [2.05, 4.69) is 21.0 Å². The van der Waals surface area contributed by atoms with Crippen LogP contribution < -0.4 is 11.2 Å². The van der Waals surface area contributed by atoms with Crippen LogP contribution in [0.15, 0.2) is 101 Å². The van der Waals surface area contributed by atoms with Gasteiger partial charge >= 0.3 is 5.69 Å². The van der Waals surface area contributed by atoms with E-state index in [0.29, 0.717) is 27.5 Å². The van der Waals surface area contributed by atoms with Crippen LogP contribution in [0.4, 0.5) is 0 Å². The third kappa shape index (κ3) is 3.73. The standard InChI is InChI=1S/C31H21ClN4O2/c32-25-7-3-6-23(19-12-13-34-26(14-19)18-8-9-18)29(25)20-10-11-24-27(15-20)35-31(38)36(30(24)37)28-17-33-16-21-4-1-2-5-22(21)28/h1-7,10-18H,8-9H2,(H,35,38). The van der Waals surface area contributed by atoms with Crippen LogP contribution in [-0.4, -0.2) is 19.5 Å². The topological polar surface area (TPSA) is 80.6 Å². The minimum Gasteiger partial charge on any atom is -0.306 e. The minimum absolute atomic E-state index is 0.398. The highest BCUT2D eigenvalue weighted by atomic mass is 35.5. The number of fused-ring (bicyclic) bond motifs is 2. The quantitative estimate of drug-likeness (QED) is 0.290. The van der Waals surface area contributed by atoms with Crippen LogP contribution in [0, 0.1) is 0 Å².